The first kappa shape index (κ1) is 12.3. The van der Waals surface area contributed by atoms with Crippen LogP contribution in [0.2, 0.25) is 0 Å². The molecule has 86 valence electrons. The summed E-state index contributed by atoms with van der Waals surface area (Å²) in [5.41, 5.74) is 0.887. The van der Waals surface area contributed by atoms with Crippen LogP contribution in [0.1, 0.15) is 58.8 Å². The predicted molar refractivity (Wildman–Crippen MR) is 61.6 cm³/mol. The van der Waals surface area contributed by atoms with Gasteiger partial charge in [0.25, 0.3) is 0 Å². The Morgan fingerprint density at radius 2 is 2.07 bits per heavy atom. The summed E-state index contributed by atoms with van der Waals surface area (Å²) < 4.78 is 5.06. The number of ether oxygens (including phenoxy) is 1. The fourth-order valence-corrected chi connectivity index (χ4v) is 1.88. The SMILES string of the molecule is CCCCCCC/C=C1/C[C@H](C)OC1=O. The molecule has 1 heterocycles. The first-order valence-electron chi connectivity index (χ1n) is 6.14. The van der Waals surface area contributed by atoms with Crippen LogP contribution in [0.3, 0.4) is 0 Å². The number of unbranched alkanes of at least 4 members (excludes halogenated alkanes) is 5. The number of cyclic esters (lactones) is 1. The molecule has 0 bridgehead atoms. The second kappa shape index (κ2) is 6.65. The van der Waals surface area contributed by atoms with Crippen LogP contribution in [0, 0.1) is 0 Å². The highest BCUT2D eigenvalue weighted by molar-refractivity contribution is 5.90. The second-order valence-corrected chi connectivity index (χ2v) is 4.35. The van der Waals surface area contributed by atoms with Crippen molar-refractivity contribution in [2.75, 3.05) is 0 Å². The molecule has 1 aliphatic heterocycles. The summed E-state index contributed by atoms with van der Waals surface area (Å²) in [5.74, 6) is -0.101. The van der Waals surface area contributed by atoms with E-state index < -0.39 is 0 Å². The number of carbonyl (C=O) groups excluding carboxylic acids is 1. The zero-order chi connectivity index (χ0) is 11.1. The summed E-state index contributed by atoms with van der Waals surface area (Å²) in [5, 5.41) is 0. The van der Waals surface area contributed by atoms with E-state index in [0.717, 1.165) is 18.4 Å². The van der Waals surface area contributed by atoms with Gasteiger partial charge < -0.3 is 4.74 Å². The maximum atomic E-state index is 11.3. The lowest BCUT2D eigenvalue weighted by Crippen LogP contribution is -1.99. The molecule has 1 saturated heterocycles. The Morgan fingerprint density at radius 1 is 1.33 bits per heavy atom. The summed E-state index contributed by atoms with van der Waals surface area (Å²) in [4.78, 5) is 11.3. The molecule has 0 N–H and O–H groups in total. The molecule has 2 heteroatoms. The fraction of sp³-hybridized carbons (Fsp3) is 0.769. The third-order valence-electron chi connectivity index (χ3n) is 2.78. The molecule has 0 aromatic rings. The van der Waals surface area contributed by atoms with Gasteiger partial charge in [-0.25, -0.2) is 4.79 Å². The molecule has 1 rings (SSSR count). The second-order valence-electron chi connectivity index (χ2n) is 4.35. The van der Waals surface area contributed by atoms with Gasteiger partial charge >= 0.3 is 5.97 Å². The molecule has 0 spiro atoms. The molecule has 0 aromatic carbocycles. The van der Waals surface area contributed by atoms with Crippen LogP contribution in [0.5, 0.6) is 0 Å². The third-order valence-corrected chi connectivity index (χ3v) is 2.78. The molecular formula is C13H22O2. The van der Waals surface area contributed by atoms with E-state index in [2.05, 4.69) is 13.0 Å². The minimum Gasteiger partial charge on any atom is -0.459 e. The van der Waals surface area contributed by atoms with Gasteiger partial charge in [-0.1, -0.05) is 38.7 Å². The largest absolute Gasteiger partial charge is 0.459 e. The highest BCUT2D eigenvalue weighted by Crippen LogP contribution is 2.20. The maximum Gasteiger partial charge on any atom is 0.334 e. The van der Waals surface area contributed by atoms with Gasteiger partial charge in [0, 0.05) is 12.0 Å². The standard InChI is InChI=1S/C13H22O2/c1-3-4-5-6-7-8-9-12-10-11(2)15-13(12)14/h9,11H,3-8,10H2,1-2H3/b12-9-/t11-/m0/s1. The molecule has 0 amide bonds. The minimum atomic E-state index is -0.101. The Hall–Kier alpha value is -0.790. The molecule has 0 saturated carbocycles. The van der Waals surface area contributed by atoms with Crippen molar-refractivity contribution in [2.45, 2.75) is 64.9 Å². The van der Waals surface area contributed by atoms with Crippen LogP contribution in [-0.4, -0.2) is 12.1 Å². The predicted octanol–water partition coefficient (Wildman–Crippen LogP) is 3.61. The van der Waals surface area contributed by atoms with Crippen LogP contribution >= 0.6 is 0 Å². The van der Waals surface area contributed by atoms with Crippen LogP contribution in [0.4, 0.5) is 0 Å². The molecule has 15 heavy (non-hydrogen) atoms. The molecule has 0 aromatic heterocycles. The molecule has 0 aliphatic carbocycles. The van der Waals surface area contributed by atoms with E-state index in [1.54, 1.807) is 0 Å². The lowest BCUT2D eigenvalue weighted by atomic mass is 10.1. The van der Waals surface area contributed by atoms with Gasteiger partial charge in [0.2, 0.25) is 0 Å². The van der Waals surface area contributed by atoms with Crippen molar-refractivity contribution in [3.8, 4) is 0 Å². The summed E-state index contributed by atoms with van der Waals surface area (Å²) >= 11 is 0. The van der Waals surface area contributed by atoms with E-state index in [0.29, 0.717) is 0 Å². The smallest absolute Gasteiger partial charge is 0.334 e. The number of allylic oxidation sites excluding steroid dienone is 1. The van der Waals surface area contributed by atoms with Crippen molar-refractivity contribution in [3.63, 3.8) is 0 Å². The summed E-state index contributed by atoms with van der Waals surface area (Å²) in [6.07, 6.45) is 10.4. The van der Waals surface area contributed by atoms with E-state index in [1.807, 2.05) is 6.92 Å². The molecule has 0 radical (unpaired) electrons. The van der Waals surface area contributed by atoms with Crippen molar-refractivity contribution >= 4 is 5.97 Å². The van der Waals surface area contributed by atoms with Gasteiger partial charge in [0.05, 0.1) is 0 Å². The average molecular weight is 210 g/mol. The number of rotatable bonds is 6. The van der Waals surface area contributed by atoms with E-state index in [-0.39, 0.29) is 12.1 Å². The molecule has 1 aliphatic rings. The van der Waals surface area contributed by atoms with E-state index >= 15 is 0 Å². The van der Waals surface area contributed by atoms with Gasteiger partial charge in [0.15, 0.2) is 0 Å². The third kappa shape index (κ3) is 4.50. The van der Waals surface area contributed by atoms with Crippen LogP contribution in [-0.2, 0) is 9.53 Å². The van der Waals surface area contributed by atoms with Crippen LogP contribution in [0.15, 0.2) is 11.6 Å². The molecule has 1 atom stereocenters. The Kier molecular flexibility index (Phi) is 5.44. The monoisotopic (exact) mass is 210 g/mol. The topological polar surface area (TPSA) is 26.3 Å². The van der Waals surface area contributed by atoms with Crippen molar-refractivity contribution in [2.24, 2.45) is 0 Å². The highest BCUT2D eigenvalue weighted by atomic mass is 16.5. The highest BCUT2D eigenvalue weighted by Gasteiger charge is 2.24. The Morgan fingerprint density at radius 3 is 2.67 bits per heavy atom. The van der Waals surface area contributed by atoms with Gasteiger partial charge in [0.1, 0.15) is 6.10 Å². The first-order chi connectivity index (χ1) is 7.24. The number of carbonyl (C=O) groups is 1. The average Bonchev–Trinajstić information content (AvgIpc) is 2.51. The molecule has 0 unspecified atom stereocenters. The van der Waals surface area contributed by atoms with Gasteiger partial charge in [-0.05, 0) is 19.8 Å². The summed E-state index contributed by atoms with van der Waals surface area (Å²) in [7, 11) is 0. The van der Waals surface area contributed by atoms with Crippen molar-refractivity contribution < 1.29 is 9.53 Å². The van der Waals surface area contributed by atoms with Gasteiger partial charge in [-0.15, -0.1) is 0 Å². The molecule has 2 nitrogen and oxygen atoms in total. The lowest BCUT2D eigenvalue weighted by molar-refractivity contribution is -0.138. The van der Waals surface area contributed by atoms with Gasteiger partial charge in [-0.2, -0.15) is 0 Å². The summed E-state index contributed by atoms with van der Waals surface area (Å²) in [6, 6.07) is 0. The number of hydrogen-bond acceptors (Lipinski definition) is 2. The number of hydrogen-bond donors (Lipinski definition) is 0. The van der Waals surface area contributed by atoms with E-state index in [1.165, 1.54) is 32.1 Å². The van der Waals surface area contributed by atoms with Crippen molar-refractivity contribution in [3.05, 3.63) is 11.6 Å². The van der Waals surface area contributed by atoms with Gasteiger partial charge in [-0.3, -0.25) is 0 Å². The maximum absolute atomic E-state index is 11.3. The number of esters is 1. The van der Waals surface area contributed by atoms with Crippen molar-refractivity contribution in [1.82, 2.24) is 0 Å². The van der Waals surface area contributed by atoms with E-state index in [9.17, 15) is 4.79 Å². The summed E-state index contributed by atoms with van der Waals surface area (Å²) in [6.45, 7) is 4.16. The minimum absolute atomic E-state index is 0.0869. The zero-order valence-electron chi connectivity index (χ0n) is 9.92. The van der Waals surface area contributed by atoms with Crippen LogP contribution in [0.25, 0.3) is 0 Å². The Labute approximate surface area is 92.7 Å². The fourth-order valence-electron chi connectivity index (χ4n) is 1.88. The Bertz CT molecular complexity index is 231. The Balaban J connectivity index is 2.12. The zero-order valence-corrected chi connectivity index (χ0v) is 9.92. The molecular weight excluding hydrogens is 188 g/mol. The van der Waals surface area contributed by atoms with Crippen LogP contribution < -0.4 is 0 Å². The normalized spacial score (nSPS) is 23.5. The lowest BCUT2D eigenvalue weighted by Gasteiger charge is -1.96. The quantitative estimate of drug-likeness (QED) is 0.380. The first-order valence-corrected chi connectivity index (χ1v) is 6.14. The van der Waals surface area contributed by atoms with E-state index in [4.69, 9.17) is 4.74 Å². The van der Waals surface area contributed by atoms with Crippen molar-refractivity contribution in [1.29, 1.82) is 0 Å². The molecule has 1 fully saturated rings.